The SMILES string of the molecule is Cc1ccc(C)n1-c1ccc2c3c(c(=O)oc2c1)CCCC3. The Morgan fingerprint density at radius 3 is 2.36 bits per heavy atom. The zero-order valence-electron chi connectivity index (χ0n) is 13.0. The quantitative estimate of drug-likeness (QED) is 0.634. The summed E-state index contributed by atoms with van der Waals surface area (Å²) < 4.78 is 7.79. The molecule has 0 radical (unpaired) electrons. The lowest BCUT2D eigenvalue weighted by atomic mass is 9.90. The number of fused-ring (bicyclic) bond motifs is 3. The highest BCUT2D eigenvalue weighted by Gasteiger charge is 2.18. The van der Waals surface area contributed by atoms with E-state index in [0.29, 0.717) is 5.58 Å². The molecular weight excluding hydrogens is 274 g/mol. The van der Waals surface area contributed by atoms with Crippen LogP contribution in [-0.4, -0.2) is 4.57 Å². The molecule has 3 heteroatoms. The Labute approximate surface area is 129 Å². The molecule has 112 valence electrons. The van der Waals surface area contributed by atoms with Crippen molar-refractivity contribution in [1.29, 1.82) is 0 Å². The van der Waals surface area contributed by atoms with Gasteiger partial charge in [0.05, 0.1) is 0 Å². The van der Waals surface area contributed by atoms with E-state index in [2.05, 4.69) is 42.7 Å². The number of aryl methyl sites for hydroxylation is 3. The Morgan fingerprint density at radius 2 is 1.64 bits per heavy atom. The maximum atomic E-state index is 12.2. The Balaban J connectivity index is 1.98. The van der Waals surface area contributed by atoms with E-state index in [1.807, 2.05) is 6.07 Å². The van der Waals surface area contributed by atoms with Crippen LogP contribution in [0, 0.1) is 13.8 Å². The van der Waals surface area contributed by atoms with Gasteiger partial charge in [-0.15, -0.1) is 0 Å². The van der Waals surface area contributed by atoms with E-state index >= 15 is 0 Å². The average molecular weight is 293 g/mol. The highest BCUT2D eigenvalue weighted by atomic mass is 16.4. The van der Waals surface area contributed by atoms with Gasteiger partial charge in [-0.3, -0.25) is 0 Å². The van der Waals surface area contributed by atoms with E-state index in [9.17, 15) is 4.79 Å². The third-order valence-corrected chi connectivity index (χ3v) is 4.74. The fraction of sp³-hybridized carbons (Fsp3) is 0.316. The van der Waals surface area contributed by atoms with E-state index in [1.54, 1.807) is 0 Å². The lowest BCUT2D eigenvalue weighted by Crippen LogP contribution is -2.15. The molecular formula is C19H19NO2. The first kappa shape index (κ1) is 13.4. The fourth-order valence-electron chi connectivity index (χ4n) is 3.65. The molecule has 0 unspecified atom stereocenters. The number of benzene rings is 1. The van der Waals surface area contributed by atoms with Crippen molar-refractivity contribution >= 4 is 11.0 Å². The monoisotopic (exact) mass is 293 g/mol. The van der Waals surface area contributed by atoms with E-state index < -0.39 is 0 Å². The van der Waals surface area contributed by atoms with Crippen molar-refractivity contribution in [2.24, 2.45) is 0 Å². The first-order valence-electron chi connectivity index (χ1n) is 7.89. The molecule has 2 aromatic heterocycles. The summed E-state index contributed by atoms with van der Waals surface area (Å²) in [4.78, 5) is 12.2. The van der Waals surface area contributed by atoms with Crippen LogP contribution in [0.15, 0.2) is 39.5 Å². The summed E-state index contributed by atoms with van der Waals surface area (Å²) in [5.41, 5.74) is 6.04. The normalized spacial score (nSPS) is 14.3. The molecule has 1 aliphatic rings. The van der Waals surface area contributed by atoms with Gasteiger partial charge in [0.15, 0.2) is 0 Å². The van der Waals surface area contributed by atoms with Gasteiger partial charge >= 0.3 is 5.63 Å². The summed E-state index contributed by atoms with van der Waals surface area (Å²) in [6.07, 6.45) is 4.08. The minimum absolute atomic E-state index is 0.152. The molecule has 0 spiro atoms. The molecule has 0 fully saturated rings. The van der Waals surface area contributed by atoms with Gasteiger partial charge in [-0.1, -0.05) is 0 Å². The predicted molar refractivity (Wildman–Crippen MR) is 87.9 cm³/mol. The van der Waals surface area contributed by atoms with E-state index in [0.717, 1.165) is 42.3 Å². The van der Waals surface area contributed by atoms with E-state index in [4.69, 9.17) is 4.42 Å². The Kier molecular flexibility index (Phi) is 2.96. The second kappa shape index (κ2) is 4.87. The van der Waals surface area contributed by atoms with Crippen molar-refractivity contribution in [3.8, 4) is 5.69 Å². The number of hydrogen-bond acceptors (Lipinski definition) is 2. The highest BCUT2D eigenvalue weighted by Crippen LogP contribution is 2.28. The summed E-state index contributed by atoms with van der Waals surface area (Å²) in [6, 6.07) is 10.4. The van der Waals surface area contributed by atoms with Crippen LogP contribution < -0.4 is 5.63 Å². The van der Waals surface area contributed by atoms with Gasteiger partial charge in [0, 0.05) is 34.1 Å². The fourth-order valence-corrected chi connectivity index (χ4v) is 3.65. The third-order valence-electron chi connectivity index (χ3n) is 4.74. The number of aromatic nitrogens is 1. The largest absolute Gasteiger partial charge is 0.422 e. The zero-order chi connectivity index (χ0) is 15.3. The lowest BCUT2D eigenvalue weighted by molar-refractivity contribution is 0.533. The van der Waals surface area contributed by atoms with Crippen LogP contribution in [-0.2, 0) is 12.8 Å². The van der Waals surface area contributed by atoms with Crippen LogP contribution in [0.25, 0.3) is 16.7 Å². The molecule has 0 bridgehead atoms. The third kappa shape index (κ3) is 1.92. The van der Waals surface area contributed by atoms with E-state index in [-0.39, 0.29) is 5.63 Å². The molecule has 0 aliphatic heterocycles. The number of rotatable bonds is 1. The maximum absolute atomic E-state index is 12.2. The van der Waals surface area contributed by atoms with Crippen LogP contribution in [0.1, 0.15) is 35.4 Å². The summed E-state index contributed by atoms with van der Waals surface area (Å²) in [7, 11) is 0. The minimum Gasteiger partial charge on any atom is -0.422 e. The average Bonchev–Trinajstić information content (AvgIpc) is 2.86. The molecule has 0 saturated carbocycles. The molecule has 2 heterocycles. The van der Waals surface area contributed by atoms with Gasteiger partial charge in [0.1, 0.15) is 5.58 Å². The van der Waals surface area contributed by atoms with Crippen molar-refractivity contribution in [3.63, 3.8) is 0 Å². The smallest absolute Gasteiger partial charge is 0.339 e. The second-order valence-electron chi connectivity index (χ2n) is 6.19. The molecule has 0 atom stereocenters. The summed E-state index contributed by atoms with van der Waals surface area (Å²) in [6.45, 7) is 4.17. The summed E-state index contributed by atoms with van der Waals surface area (Å²) in [5.74, 6) is 0. The number of nitrogens with zero attached hydrogens (tertiary/aromatic N) is 1. The summed E-state index contributed by atoms with van der Waals surface area (Å²) >= 11 is 0. The highest BCUT2D eigenvalue weighted by molar-refractivity contribution is 5.83. The summed E-state index contributed by atoms with van der Waals surface area (Å²) in [5, 5.41) is 1.10. The van der Waals surface area contributed by atoms with Crippen molar-refractivity contribution in [2.75, 3.05) is 0 Å². The molecule has 4 rings (SSSR count). The van der Waals surface area contributed by atoms with Crippen molar-refractivity contribution < 1.29 is 4.42 Å². The van der Waals surface area contributed by atoms with Gasteiger partial charge in [-0.25, -0.2) is 4.79 Å². The lowest BCUT2D eigenvalue weighted by Gasteiger charge is -2.17. The van der Waals surface area contributed by atoms with Gasteiger partial charge in [0.2, 0.25) is 0 Å². The minimum atomic E-state index is -0.152. The van der Waals surface area contributed by atoms with Crippen LogP contribution in [0.4, 0.5) is 0 Å². The first-order valence-corrected chi connectivity index (χ1v) is 7.89. The molecule has 0 N–H and O–H groups in total. The topological polar surface area (TPSA) is 35.1 Å². The standard InChI is InChI=1S/C19H19NO2/c1-12-7-8-13(2)20(12)14-9-10-16-15-5-3-4-6-17(15)19(21)22-18(16)11-14/h7-11H,3-6H2,1-2H3. The molecule has 1 aromatic carbocycles. The van der Waals surface area contributed by atoms with Gasteiger partial charge in [0.25, 0.3) is 0 Å². The molecule has 0 amide bonds. The molecule has 22 heavy (non-hydrogen) atoms. The second-order valence-corrected chi connectivity index (χ2v) is 6.19. The van der Waals surface area contributed by atoms with Gasteiger partial charge < -0.3 is 8.98 Å². The van der Waals surface area contributed by atoms with Crippen molar-refractivity contribution in [1.82, 2.24) is 4.57 Å². The zero-order valence-corrected chi connectivity index (χ0v) is 13.0. The van der Waals surface area contributed by atoms with E-state index in [1.165, 1.54) is 17.0 Å². The first-order chi connectivity index (χ1) is 10.6. The Hall–Kier alpha value is -2.29. The van der Waals surface area contributed by atoms with Crippen molar-refractivity contribution in [2.45, 2.75) is 39.5 Å². The maximum Gasteiger partial charge on any atom is 0.339 e. The van der Waals surface area contributed by atoms with Crippen LogP contribution in [0.2, 0.25) is 0 Å². The molecule has 3 aromatic rings. The van der Waals surface area contributed by atoms with Crippen LogP contribution in [0.5, 0.6) is 0 Å². The van der Waals surface area contributed by atoms with Crippen LogP contribution >= 0.6 is 0 Å². The molecule has 3 nitrogen and oxygen atoms in total. The van der Waals surface area contributed by atoms with Gasteiger partial charge in [-0.05, 0) is 69.4 Å². The van der Waals surface area contributed by atoms with Crippen molar-refractivity contribution in [3.05, 3.63) is 63.3 Å². The number of hydrogen-bond donors (Lipinski definition) is 0. The molecule has 1 aliphatic carbocycles. The predicted octanol–water partition coefficient (Wildman–Crippen LogP) is 4.08. The van der Waals surface area contributed by atoms with Gasteiger partial charge in [-0.2, -0.15) is 0 Å². The van der Waals surface area contributed by atoms with Crippen LogP contribution in [0.3, 0.4) is 0 Å². The Bertz CT molecular complexity index is 911. The Morgan fingerprint density at radius 1 is 0.955 bits per heavy atom. The molecule has 0 saturated heterocycles.